The molecule has 2 atom stereocenters. The van der Waals surface area contributed by atoms with Gasteiger partial charge in [-0.2, -0.15) is 0 Å². The summed E-state index contributed by atoms with van der Waals surface area (Å²) in [4.78, 5) is 22.7. The van der Waals surface area contributed by atoms with Crippen molar-refractivity contribution < 1.29 is 19.4 Å². The van der Waals surface area contributed by atoms with Gasteiger partial charge in [0.1, 0.15) is 6.10 Å². The van der Waals surface area contributed by atoms with E-state index in [1.165, 1.54) is 6.07 Å². The van der Waals surface area contributed by atoms with Gasteiger partial charge in [0, 0.05) is 6.54 Å². The van der Waals surface area contributed by atoms with Gasteiger partial charge in [0.05, 0.1) is 11.7 Å². The monoisotopic (exact) mass is 263 g/mol. The highest BCUT2D eigenvalue weighted by Gasteiger charge is 2.27. The summed E-state index contributed by atoms with van der Waals surface area (Å²) in [6, 6.07) is 6.53. The molecule has 5 heteroatoms. The molecule has 1 aromatic carbocycles. The van der Waals surface area contributed by atoms with E-state index < -0.39 is 5.97 Å². The van der Waals surface area contributed by atoms with Crippen LogP contribution in [-0.4, -0.2) is 29.2 Å². The molecule has 0 aliphatic carbocycles. The molecule has 1 aliphatic heterocycles. The minimum Gasteiger partial charge on any atom is -0.478 e. The van der Waals surface area contributed by atoms with Gasteiger partial charge in [0.25, 0.3) is 0 Å². The molecular formula is C14H17NO4. The van der Waals surface area contributed by atoms with Gasteiger partial charge in [-0.1, -0.05) is 12.1 Å². The molecule has 2 N–H and O–H groups in total. The number of amides is 1. The summed E-state index contributed by atoms with van der Waals surface area (Å²) in [5.41, 5.74) is 0.983. The second-order valence-electron chi connectivity index (χ2n) is 4.74. The summed E-state index contributed by atoms with van der Waals surface area (Å²) in [5.74, 6) is -1.11. The maximum absolute atomic E-state index is 11.8. The van der Waals surface area contributed by atoms with E-state index in [2.05, 4.69) is 5.32 Å². The van der Waals surface area contributed by atoms with Gasteiger partial charge >= 0.3 is 5.97 Å². The number of rotatable bonds is 4. The van der Waals surface area contributed by atoms with Crippen LogP contribution in [0, 0.1) is 0 Å². The zero-order chi connectivity index (χ0) is 13.8. The van der Waals surface area contributed by atoms with E-state index in [1.54, 1.807) is 18.2 Å². The quantitative estimate of drug-likeness (QED) is 0.864. The Kier molecular flexibility index (Phi) is 4.16. The van der Waals surface area contributed by atoms with Crippen molar-refractivity contribution in [3.05, 3.63) is 35.4 Å². The van der Waals surface area contributed by atoms with E-state index in [-0.39, 0.29) is 23.7 Å². The van der Waals surface area contributed by atoms with E-state index in [0.29, 0.717) is 6.54 Å². The standard InChI is InChI=1S/C14H17NO4/c1-9-5-6-12(19-9)13(16)15-8-10-3-2-4-11(7-10)14(17)18/h2-4,7,9,12H,5-6,8H2,1H3,(H,15,16)(H,17,18). The Morgan fingerprint density at radius 1 is 1.42 bits per heavy atom. The lowest BCUT2D eigenvalue weighted by molar-refractivity contribution is -0.131. The topological polar surface area (TPSA) is 75.6 Å². The van der Waals surface area contributed by atoms with Gasteiger partial charge in [-0.25, -0.2) is 4.79 Å². The van der Waals surface area contributed by atoms with Crippen LogP contribution in [-0.2, 0) is 16.1 Å². The number of hydrogen-bond donors (Lipinski definition) is 2. The fourth-order valence-electron chi connectivity index (χ4n) is 2.11. The number of carbonyl (C=O) groups excluding carboxylic acids is 1. The van der Waals surface area contributed by atoms with Crippen LogP contribution >= 0.6 is 0 Å². The van der Waals surface area contributed by atoms with Crippen LogP contribution in [0.1, 0.15) is 35.7 Å². The van der Waals surface area contributed by atoms with Gasteiger partial charge in [-0.05, 0) is 37.5 Å². The molecule has 2 unspecified atom stereocenters. The Hall–Kier alpha value is -1.88. The van der Waals surface area contributed by atoms with E-state index in [0.717, 1.165) is 18.4 Å². The molecule has 102 valence electrons. The first-order valence-corrected chi connectivity index (χ1v) is 6.31. The Morgan fingerprint density at radius 2 is 2.21 bits per heavy atom. The van der Waals surface area contributed by atoms with Gasteiger partial charge in [-0.3, -0.25) is 4.79 Å². The Morgan fingerprint density at radius 3 is 2.84 bits per heavy atom. The molecule has 5 nitrogen and oxygen atoms in total. The molecule has 0 radical (unpaired) electrons. The fourth-order valence-corrected chi connectivity index (χ4v) is 2.11. The smallest absolute Gasteiger partial charge is 0.335 e. The molecule has 1 fully saturated rings. The highest BCUT2D eigenvalue weighted by molar-refractivity contribution is 5.87. The number of carbonyl (C=O) groups is 2. The maximum Gasteiger partial charge on any atom is 0.335 e. The second kappa shape index (κ2) is 5.84. The predicted molar refractivity (Wildman–Crippen MR) is 68.8 cm³/mol. The van der Waals surface area contributed by atoms with Crippen molar-refractivity contribution >= 4 is 11.9 Å². The molecule has 1 heterocycles. The lowest BCUT2D eigenvalue weighted by Gasteiger charge is -2.11. The molecule has 1 aliphatic rings. The van der Waals surface area contributed by atoms with E-state index >= 15 is 0 Å². The highest BCUT2D eigenvalue weighted by atomic mass is 16.5. The zero-order valence-corrected chi connectivity index (χ0v) is 10.8. The summed E-state index contributed by atoms with van der Waals surface area (Å²) < 4.78 is 5.47. The summed E-state index contributed by atoms with van der Waals surface area (Å²) in [7, 11) is 0. The maximum atomic E-state index is 11.8. The lowest BCUT2D eigenvalue weighted by Crippen LogP contribution is -2.34. The van der Waals surface area contributed by atoms with E-state index in [4.69, 9.17) is 9.84 Å². The summed E-state index contributed by atoms with van der Waals surface area (Å²) in [5, 5.41) is 11.7. The summed E-state index contributed by atoms with van der Waals surface area (Å²) in [6.07, 6.45) is 1.39. The van der Waals surface area contributed by atoms with Crippen molar-refractivity contribution in [2.24, 2.45) is 0 Å². The van der Waals surface area contributed by atoms with Crippen LogP contribution in [0.4, 0.5) is 0 Å². The molecule has 0 spiro atoms. The first-order chi connectivity index (χ1) is 9.06. The van der Waals surface area contributed by atoms with Gasteiger partial charge in [0.2, 0.25) is 5.91 Å². The van der Waals surface area contributed by atoms with Crippen molar-refractivity contribution in [1.29, 1.82) is 0 Å². The number of nitrogens with one attached hydrogen (secondary N) is 1. The van der Waals surface area contributed by atoms with Crippen LogP contribution in [0.2, 0.25) is 0 Å². The fraction of sp³-hybridized carbons (Fsp3) is 0.429. The largest absolute Gasteiger partial charge is 0.478 e. The van der Waals surface area contributed by atoms with Crippen molar-refractivity contribution in [3.63, 3.8) is 0 Å². The third kappa shape index (κ3) is 3.54. The molecule has 0 bridgehead atoms. The SMILES string of the molecule is CC1CCC(C(=O)NCc2cccc(C(=O)O)c2)O1. The number of benzene rings is 1. The minimum absolute atomic E-state index is 0.131. The number of carboxylic acids is 1. The number of aromatic carboxylic acids is 1. The molecule has 2 rings (SSSR count). The van der Waals surface area contributed by atoms with Gasteiger partial charge in [0.15, 0.2) is 0 Å². The molecule has 1 aromatic rings. The molecular weight excluding hydrogens is 246 g/mol. The average Bonchev–Trinajstić information content (AvgIpc) is 2.83. The first kappa shape index (κ1) is 13.5. The number of hydrogen-bond acceptors (Lipinski definition) is 3. The van der Waals surface area contributed by atoms with Crippen LogP contribution in [0.3, 0.4) is 0 Å². The third-order valence-corrected chi connectivity index (χ3v) is 3.17. The Bertz CT molecular complexity index is 486. The van der Waals surface area contributed by atoms with Crippen LogP contribution in [0.25, 0.3) is 0 Å². The van der Waals surface area contributed by atoms with Crippen LogP contribution < -0.4 is 5.32 Å². The average molecular weight is 263 g/mol. The summed E-state index contributed by atoms with van der Waals surface area (Å²) in [6.45, 7) is 2.26. The van der Waals surface area contributed by atoms with Crippen molar-refractivity contribution in [2.45, 2.75) is 38.5 Å². The van der Waals surface area contributed by atoms with Crippen molar-refractivity contribution in [1.82, 2.24) is 5.32 Å². The molecule has 0 saturated carbocycles. The third-order valence-electron chi connectivity index (χ3n) is 3.17. The minimum atomic E-state index is -0.971. The van der Waals surface area contributed by atoms with Crippen LogP contribution in [0.5, 0.6) is 0 Å². The van der Waals surface area contributed by atoms with Crippen molar-refractivity contribution in [2.75, 3.05) is 0 Å². The normalized spacial score (nSPS) is 22.2. The molecule has 19 heavy (non-hydrogen) atoms. The number of ether oxygens (including phenoxy) is 1. The predicted octanol–water partition coefficient (Wildman–Crippen LogP) is 1.57. The van der Waals surface area contributed by atoms with E-state index in [9.17, 15) is 9.59 Å². The van der Waals surface area contributed by atoms with Gasteiger partial charge in [-0.15, -0.1) is 0 Å². The molecule has 1 saturated heterocycles. The van der Waals surface area contributed by atoms with E-state index in [1.807, 2.05) is 6.92 Å². The summed E-state index contributed by atoms with van der Waals surface area (Å²) >= 11 is 0. The molecule has 0 aromatic heterocycles. The van der Waals surface area contributed by atoms with Crippen LogP contribution in [0.15, 0.2) is 24.3 Å². The Labute approximate surface area is 111 Å². The first-order valence-electron chi connectivity index (χ1n) is 6.31. The van der Waals surface area contributed by atoms with Crippen molar-refractivity contribution in [3.8, 4) is 0 Å². The number of carboxylic acid groups (broad SMARTS) is 1. The molecule has 1 amide bonds. The lowest BCUT2D eigenvalue weighted by atomic mass is 10.1. The Balaban J connectivity index is 1.90. The van der Waals surface area contributed by atoms with Gasteiger partial charge < -0.3 is 15.2 Å². The second-order valence-corrected chi connectivity index (χ2v) is 4.74. The highest BCUT2D eigenvalue weighted by Crippen LogP contribution is 2.19. The zero-order valence-electron chi connectivity index (χ0n) is 10.8.